The van der Waals surface area contributed by atoms with E-state index in [1.54, 1.807) is 6.20 Å². The summed E-state index contributed by atoms with van der Waals surface area (Å²) in [5.74, 6) is 3.32. The van der Waals surface area contributed by atoms with Crippen LogP contribution in [0.15, 0.2) is 60.8 Å². The topological polar surface area (TPSA) is 58.1 Å². The van der Waals surface area contributed by atoms with E-state index >= 15 is 0 Å². The molecule has 0 saturated heterocycles. The molecule has 1 amide bonds. The summed E-state index contributed by atoms with van der Waals surface area (Å²) in [6.45, 7) is 1.47. The van der Waals surface area contributed by atoms with Crippen molar-refractivity contribution in [3.8, 4) is 12.3 Å². The van der Waals surface area contributed by atoms with Crippen molar-refractivity contribution in [3.05, 3.63) is 83.0 Å². The van der Waals surface area contributed by atoms with Gasteiger partial charge in [-0.25, -0.2) is 9.97 Å². The summed E-state index contributed by atoms with van der Waals surface area (Å²) < 4.78 is 1.05. The smallest absolute Gasteiger partial charge is 0.257 e. The van der Waals surface area contributed by atoms with E-state index in [9.17, 15) is 4.79 Å². The quantitative estimate of drug-likeness (QED) is 0.506. The second-order valence-corrected chi connectivity index (χ2v) is 8.14. The molecule has 0 atom stereocenters. The number of hydrogen-bond donors (Lipinski definition) is 1. The van der Waals surface area contributed by atoms with Crippen LogP contribution in [-0.2, 0) is 13.0 Å². The Labute approximate surface area is 178 Å². The summed E-state index contributed by atoms with van der Waals surface area (Å²) >= 11 is 1.48. The Morgan fingerprint density at radius 2 is 2.03 bits per heavy atom. The molecule has 0 spiro atoms. The molecular formula is C24H18N4OS. The van der Waals surface area contributed by atoms with Crippen molar-refractivity contribution in [2.75, 3.05) is 16.8 Å². The molecule has 3 heterocycles. The van der Waals surface area contributed by atoms with Crippen LogP contribution < -0.4 is 10.2 Å². The SMILES string of the molecule is C#Cc1ccc(N2CCc3cccc(C(=O)Nc4nc5ccccc5s4)c3C2)nc1. The lowest BCUT2D eigenvalue weighted by atomic mass is 9.94. The van der Waals surface area contributed by atoms with Crippen LogP contribution in [0.3, 0.4) is 0 Å². The summed E-state index contributed by atoms with van der Waals surface area (Å²) in [7, 11) is 0. The van der Waals surface area contributed by atoms with E-state index in [-0.39, 0.29) is 5.91 Å². The van der Waals surface area contributed by atoms with Crippen molar-refractivity contribution >= 4 is 38.4 Å². The molecule has 5 rings (SSSR count). The largest absolute Gasteiger partial charge is 0.352 e. The molecule has 146 valence electrons. The van der Waals surface area contributed by atoms with Gasteiger partial charge in [-0.1, -0.05) is 41.5 Å². The van der Waals surface area contributed by atoms with Crippen LogP contribution in [0.2, 0.25) is 0 Å². The lowest BCUT2D eigenvalue weighted by Crippen LogP contribution is -2.32. The number of nitrogens with zero attached hydrogens (tertiary/aromatic N) is 3. The number of anilines is 2. The van der Waals surface area contributed by atoms with Gasteiger partial charge in [0.05, 0.1) is 10.2 Å². The normalized spacial score (nSPS) is 13.0. The van der Waals surface area contributed by atoms with E-state index in [0.717, 1.165) is 40.1 Å². The van der Waals surface area contributed by atoms with Crippen LogP contribution in [0.25, 0.3) is 10.2 Å². The maximum Gasteiger partial charge on any atom is 0.257 e. The number of amides is 1. The number of terminal acetylenes is 1. The van der Waals surface area contributed by atoms with Crippen LogP contribution in [-0.4, -0.2) is 22.4 Å². The summed E-state index contributed by atoms with van der Waals surface area (Å²) in [5, 5.41) is 3.59. The van der Waals surface area contributed by atoms with E-state index in [1.807, 2.05) is 48.5 Å². The minimum atomic E-state index is -0.136. The van der Waals surface area contributed by atoms with Crippen molar-refractivity contribution in [2.24, 2.45) is 0 Å². The molecule has 0 unspecified atom stereocenters. The Morgan fingerprint density at radius 1 is 1.13 bits per heavy atom. The molecule has 1 aliphatic heterocycles. The van der Waals surface area contributed by atoms with E-state index in [2.05, 4.69) is 32.2 Å². The molecule has 2 aromatic heterocycles. The number of carbonyl (C=O) groups excluding carboxylic acids is 1. The molecule has 0 radical (unpaired) electrons. The first-order valence-electron chi connectivity index (χ1n) is 9.66. The number of rotatable bonds is 3. The molecule has 2 aromatic carbocycles. The number of nitrogens with one attached hydrogen (secondary N) is 1. The van der Waals surface area contributed by atoms with Crippen LogP contribution >= 0.6 is 11.3 Å². The highest BCUT2D eigenvalue weighted by molar-refractivity contribution is 7.22. The number of benzene rings is 2. The first-order chi connectivity index (χ1) is 14.7. The predicted octanol–water partition coefficient (Wildman–Crippen LogP) is 4.49. The molecule has 1 N–H and O–H groups in total. The molecule has 0 aliphatic carbocycles. The maximum atomic E-state index is 13.1. The van der Waals surface area contributed by atoms with Gasteiger partial charge in [0, 0.05) is 30.4 Å². The molecule has 0 saturated carbocycles. The Bertz CT molecular complexity index is 1250. The minimum Gasteiger partial charge on any atom is -0.352 e. The van der Waals surface area contributed by atoms with Gasteiger partial charge in [-0.15, -0.1) is 6.42 Å². The van der Waals surface area contributed by atoms with Gasteiger partial charge in [0.1, 0.15) is 5.82 Å². The van der Waals surface area contributed by atoms with Gasteiger partial charge in [-0.05, 0) is 47.9 Å². The fraction of sp³-hybridized carbons (Fsp3) is 0.125. The molecular weight excluding hydrogens is 392 g/mol. The van der Waals surface area contributed by atoms with Gasteiger partial charge in [0.2, 0.25) is 0 Å². The van der Waals surface area contributed by atoms with Gasteiger partial charge in [0.15, 0.2) is 5.13 Å². The third-order valence-corrected chi connectivity index (χ3v) is 6.22. The van der Waals surface area contributed by atoms with E-state index in [0.29, 0.717) is 17.2 Å². The Kier molecular flexibility index (Phi) is 4.66. The Balaban J connectivity index is 1.41. The third kappa shape index (κ3) is 3.40. The van der Waals surface area contributed by atoms with Crippen molar-refractivity contribution in [1.82, 2.24) is 9.97 Å². The standard InChI is InChI=1S/C24H18N4OS/c1-2-16-10-11-22(25-14-16)28-13-12-17-6-5-7-18(19(17)15-28)23(29)27-24-26-20-8-3-4-9-21(20)30-24/h1,3-11,14H,12-13,15H2,(H,26,27,29). The highest BCUT2D eigenvalue weighted by Crippen LogP contribution is 2.29. The average Bonchev–Trinajstić information content (AvgIpc) is 3.20. The van der Waals surface area contributed by atoms with Crippen LogP contribution in [0.1, 0.15) is 27.0 Å². The first-order valence-corrected chi connectivity index (χ1v) is 10.5. The lowest BCUT2D eigenvalue weighted by molar-refractivity contribution is 0.102. The second-order valence-electron chi connectivity index (χ2n) is 7.11. The van der Waals surface area contributed by atoms with Crippen molar-refractivity contribution in [2.45, 2.75) is 13.0 Å². The summed E-state index contributed by atoms with van der Waals surface area (Å²) in [6.07, 6.45) is 7.99. The van der Waals surface area contributed by atoms with Gasteiger partial charge in [-0.3, -0.25) is 10.1 Å². The Hall–Kier alpha value is -3.69. The highest BCUT2D eigenvalue weighted by Gasteiger charge is 2.23. The summed E-state index contributed by atoms with van der Waals surface area (Å²) in [4.78, 5) is 24.3. The fourth-order valence-electron chi connectivity index (χ4n) is 3.74. The molecule has 30 heavy (non-hydrogen) atoms. The second kappa shape index (κ2) is 7.62. The summed E-state index contributed by atoms with van der Waals surface area (Å²) in [5.41, 5.74) is 4.55. The predicted molar refractivity (Wildman–Crippen MR) is 121 cm³/mol. The number of aromatic nitrogens is 2. The zero-order valence-corrected chi connectivity index (χ0v) is 16.9. The molecule has 5 nitrogen and oxygen atoms in total. The Morgan fingerprint density at radius 3 is 2.83 bits per heavy atom. The van der Waals surface area contributed by atoms with Crippen LogP contribution in [0.4, 0.5) is 10.9 Å². The van der Waals surface area contributed by atoms with Crippen molar-refractivity contribution < 1.29 is 4.79 Å². The molecule has 0 bridgehead atoms. The minimum absolute atomic E-state index is 0.136. The number of hydrogen-bond acceptors (Lipinski definition) is 5. The van der Waals surface area contributed by atoms with Crippen molar-refractivity contribution in [3.63, 3.8) is 0 Å². The first kappa shape index (κ1) is 18.3. The number of thiazole rings is 1. The van der Waals surface area contributed by atoms with E-state index in [4.69, 9.17) is 6.42 Å². The van der Waals surface area contributed by atoms with Gasteiger partial charge >= 0.3 is 0 Å². The zero-order chi connectivity index (χ0) is 20.5. The molecule has 6 heteroatoms. The number of fused-ring (bicyclic) bond motifs is 2. The third-order valence-electron chi connectivity index (χ3n) is 5.27. The van der Waals surface area contributed by atoms with Gasteiger partial charge in [0.25, 0.3) is 5.91 Å². The maximum absolute atomic E-state index is 13.1. The van der Waals surface area contributed by atoms with Crippen LogP contribution in [0, 0.1) is 12.3 Å². The summed E-state index contributed by atoms with van der Waals surface area (Å²) in [6, 6.07) is 17.6. The van der Waals surface area contributed by atoms with Gasteiger partial charge in [-0.2, -0.15) is 0 Å². The molecule has 0 fully saturated rings. The molecule has 1 aliphatic rings. The van der Waals surface area contributed by atoms with E-state index in [1.165, 1.54) is 16.9 Å². The van der Waals surface area contributed by atoms with Gasteiger partial charge < -0.3 is 4.90 Å². The lowest BCUT2D eigenvalue weighted by Gasteiger charge is -2.31. The highest BCUT2D eigenvalue weighted by atomic mass is 32.1. The average molecular weight is 411 g/mol. The fourth-order valence-corrected chi connectivity index (χ4v) is 4.60. The van der Waals surface area contributed by atoms with Crippen molar-refractivity contribution in [1.29, 1.82) is 0 Å². The number of pyridine rings is 1. The monoisotopic (exact) mass is 410 g/mol. The zero-order valence-electron chi connectivity index (χ0n) is 16.1. The van der Waals surface area contributed by atoms with E-state index < -0.39 is 0 Å². The number of carbonyl (C=O) groups is 1. The van der Waals surface area contributed by atoms with Crippen LogP contribution in [0.5, 0.6) is 0 Å². The number of para-hydroxylation sites is 1. The molecule has 4 aromatic rings.